The summed E-state index contributed by atoms with van der Waals surface area (Å²) in [4.78, 5) is 15.9. The number of benzene rings is 2. The molecule has 0 aliphatic rings. The third-order valence-corrected chi connectivity index (χ3v) is 6.70. The Hall–Kier alpha value is -3.31. The molecule has 0 saturated heterocycles. The summed E-state index contributed by atoms with van der Waals surface area (Å²) in [5, 5.41) is 12.3. The fourth-order valence-electron chi connectivity index (χ4n) is 4.50. The Labute approximate surface area is 208 Å². The van der Waals surface area contributed by atoms with Crippen molar-refractivity contribution in [3.8, 4) is 0 Å². The Bertz CT molecular complexity index is 1260. The number of carbonyl (C=O) groups is 1. The van der Waals surface area contributed by atoms with Crippen molar-refractivity contribution < 1.29 is 4.79 Å². The minimum atomic E-state index is 0.0183. The first-order chi connectivity index (χ1) is 16.8. The predicted molar refractivity (Wildman–Crippen MR) is 143 cm³/mol. The van der Waals surface area contributed by atoms with Crippen LogP contribution >= 0.6 is 0 Å². The van der Waals surface area contributed by atoms with Gasteiger partial charge in [0.15, 0.2) is 5.78 Å². The number of hydrogen-bond acceptors (Lipinski definition) is 4. The summed E-state index contributed by atoms with van der Waals surface area (Å²) in [5.74, 6) is 0.631. The van der Waals surface area contributed by atoms with Gasteiger partial charge in [0.2, 0.25) is 0 Å². The van der Waals surface area contributed by atoms with Crippen molar-refractivity contribution in [2.75, 3.05) is 6.54 Å². The molecule has 5 nitrogen and oxygen atoms in total. The van der Waals surface area contributed by atoms with Gasteiger partial charge in [0, 0.05) is 34.8 Å². The zero-order chi connectivity index (χ0) is 24.8. The Morgan fingerprint density at radius 1 is 1.03 bits per heavy atom. The highest BCUT2D eigenvalue weighted by Crippen LogP contribution is 2.20. The van der Waals surface area contributed by atoms with Crippen molar-refractivity contribution >= 4 is 16.7 Å². The molecule has 1 unspecified atom stereocenters. The molecule has 2 heterocycles. The van der Waals surface area contributed by atoms with E-state index in [1.807, 2.05) is 18.3 Å². The number of rotatable bonds is 11. The average molecular weight is 469 g/mol. The number of carbonyl (C=O) groups excluding carboxylic acids is 1. The number of nitrogens with one attached hydrogen (secondary N) is 2. The summed E-state index contributed by atoms with van der Waals surface area (Å²) in [6.45, 7) is 9.44. The standard InChI is InChI=1S/C30H36N4O/c1-21(8-13-25-6-5-7-29-28(25)20-33-34-29)18-32-30(3,4)17-24-11-9-23(10-12-24)16-27-15-14-26(19-31-27)22(2)35/h5-7,9-12,14-15,19-21,32H,8,13,16-18H2,1-4H3,(H,33,34). The van der Waals surface area contributed by atoms with Gasteiger partial charge in [-0.1, -0.05) is 43.3 Å². The van der Waals surface area contributed by atoms with Gasteiger partial charge in [0.25, 0.3) is 0 Å². The highest BCUT2D eigenvalue weighted by atomic mass is 16.1. The number of pyridine rings is 1. The van der Waals surface area contributed by atoms with Gasteiger partial charge in [0.05, 0.1) is 11.7 Å². The van der Waals surface area contributed by atoms with Crippen molar-refractivity contribution in [2.45, 2.75) is 58.9 Å². The second-order valence-electron chi connectivity index (χ2n) is 10.4. The molecule has 35 heavy (non-hydrogen) atoms. The van der Waals surface area contributed by atoms with E-state index in [0.29, 0.717) is 11.5 Å². The molecule has 5 heteroatoms. The van der Waals surface area contributed by atoms with E-state index in [9.17, 15) is 4.79 Å². The van der Waals surface area contributed by atoms with E-state index in [-0.39, 0.29) is 11.3 Å². The molecule has 1 atom stereocenters. The largest absolute Gasteiger partial charge is 0.311 e. The average Bonchev–Trinajstić information content (AvgIpc) is 3.32. The fourth-order valence-corrected chi connectivity index (χ4v) is 4.50. The molecule has 0 bridgehead atoms. The Morgan fingerprint density at radius 3 is 2.51 bits per heavy atom. The lowest BCUT2D eigenvalue weighted by atomic mass is 9.92. The second-order valence-corrected chi connectivity index (χ2v) is 10.4. The van der Waals surface area contributed by atoms with E-state index in [2.05, 4.69) is 83.7 Å². The molecule has 0 fully saturated rings. The second kappa shape index (κ2) is 11.0. The number of Topliss-reactive ketones (excluding diaryl/α,β-unsaturated/α-hetero) is 1. The lowest BCUT2D eigenvalue weighted by molar-refractivity contribution is 0.101. The first-order valence-electron chi connectivity index (χ1n) is 12.5. The van der Waals surface area contributed by atoms with Crippen molar-refractivity contribution in [1.29, 1.82) is 0 Å². The predicted octanol–water partition coefficient (Wildman–Crippen LogP) is 5.93. The van der Waals surface area contributed by atoms with Crippen LogP contribution in [-0.4, -0.2) is 33.0 Å². The van der Waals surface area contributed by atoms with Crippen LogP contribution < -0.4 is 5.32 Å². The number of ketones is 1. The lowest BCUT2D eigenvalue weighted by Gasteiger charge is -2.28. The maximum atomic E-state index is 11.4. The smallest absolute Gasteiger partial charge is 0.161 e. The number of aromatic nitrogens is 3. The van der Waals surface area contributed by atoms with Crippen LogP contribution in [0, 0.1) is 5.92 Å². The summed E-state index contributed by atoms with van der Waals surface area (Å²) < 4.78 is 0. The Morgan fingerprint density at radius 2 is 1.80 bits per heavy atom. The molecular weight excluding hydrogens is 432 g/mol. The molecule has 4 rings (SSSR count). The monoisotopic (exact) mass is 468 g/mol. The van der Waals surface area contributed by atoms with Gasteiger partial charge in [-0.3, -0.25) is 14.9 Å². The van der Waals surface area contributed by atoms with Crippen LogP contribution in [0.3, 0.4) is 0 Å². The minimum absolute atomic E-state index is 0.0183. The zero-order valence-corrected chi connectivity index (χ0v) is 21.3. The van der Waals surface area contributed by atoms with Gasteiger partial charge in [-0.25, -0.2) is 0 Å². The molecule has 182 valence electrons. The lowest BCUT2D eigenvalue weighted by Crippen LogP contribution is -2.43. The summed E-state index contributed by atoms with van der Waals surface area (Å²) in [5.41, 5.74) is 6.68. The van der Waals surface area contributed by atoms with Crippen LogP contribution in [0.25, 0.3) is 10.9 Å². The summed E-state index contributed by atoms with van der Waals surface area (Å²) in [7, 11) is 0. The van der Waals surface area contributed by atoms with Crippen LogP contribution in [0.15, 0.2) is 67.0 Å². The molecule has 0 spiro atoms. The number of fused-ring (bicyclic) bond motifs is 1. The quantitative estimate of drug-likeness (QED) is 0.268. The molecule has 0 radical (unpaired) electrons. The molecular formula is C30H36N4O. The van der Waals surface area contributed by atoms with Crippen LogP contribution in [-0.2, 0) is 19.3 Å². The SMILES string of the molecule is CC(=O)c1ccc(Cc2ccc(CC(C)(C)NCC(C)CCc3cccc4[nH]ncc34)cc2)nc1. The third kappa shape index (κ3) is 6.86. The number of H-pyrrole nitrogens is 1. The van der Waals surface area contributed by atoms with E-state index in [1.54, 1.807) is 13.1 Å². The summed E-state index contributed by atoms with van der Waals surface area (Å²) >= 11 is 0. The van der Waals surface area contributed by atoms with E-state index in [4.69, 9.17) is 0 Å². The maximum Gasteiger partial charge on any atom is 0.161 e. The molecule has 2 aromatic carbocycles. The van der Waals surface area contributed by atoms with Gasteiger partial charge in [0.1, 0.15) is 0 Å². The van der Waals surface area contributed by atoms with Crippen LogP contribution in [0.2, 0.25) is 0 Å². The van der Waals surface area contributed by atoms with E-state index in [0.717, 1.165) is 43.4 Å². The van der Waals surface area contributed by atoms with E-state index >= 15 is 0 Å². The third-order valence-electron chi connectivity index (χ3n) is 6.70. The van der Waals surface area contributed by atoms with E-state index < -0.39 is 0 Å². The molecule has 0 amide bonds. The minimum Gasteiger partial charge on any atom is -0.311 e. The van der Waals surface area contributed by atoms with Crippen LogP contribution in [0.1, 0.15) is 66.9 Å². The van der Waals surface area contributed by atoms with Gasteiger partial charge in [-0.2, -0.15) is 5.10 Å². The topological polar surface area (TPSA) is 70.7 Å². The Balaban J connectivity index is 1.25. The van der Waals surface area contributed by atoms with Crippen molar-refractivity contribution in [2.24, 2.45) is 5.92 Å². The van der Waals surface area contributed by atoms with Crippen LogP contribution in [0.5, 0.6) is 0 Å². The van der Waals surface area contributed by atoms with Gasteiger partial charge in [-0.15, -0.1) is 0 Å². The van der Waals surface area contributed by atoms with E-state index in [1.165, 1.54) is 22.1 Å². The molecule has 0 aliphatic carbocycles. The van der Waals surface area contributed by atoms with Crippen molar-refractivity contribution in [1.82, 2.24) is 20.5 Å². The van der Waals surface area contributed by atoms with Gasteiger partial charge in [-0.05, 0) is 87.4 Å². The highest BCUT2D eigenvalue weighted by molar-refractivity contribution is 5.93. The first kappa shape index (κ1) is 24.8. The normalized spacial score (nSPS) is 12.7. The summed E-state index contributed by atoms with van der Waals surface area (Å²) in [6, 6.07) is 19.0. The molecule has 2 N–H and O–H groups in total. The number of aromatic amines is 1. The highest BCUT2D eigenvalue weighted by Gasteiger charge is 2.19. The number of nitrogens with zero attached hydrogens (tertiary/aromatic N) is 2. The molecule has 0 saturated carbocycles. The molecule has 4 aromatic rings. The molecule has 0 aliphatic heterocycles. The zero-order valence-electron chi connectivity index (χ0n) is 21.3. The first-order valence-corrected chi connectivity index (χ1v) is 12.5. The fraction of sp³-hybridized carbons (Fsp3) is 0.367. The van der Waals surface area contributed by atoms with Crippen molar-refractivity contribution in [3.05, 3.63) is 94.9 Å². The van der Waals surface area contributed by atoms with Gasteiger partial charge < -0.3 is 5.32 Å². The van der Waals surface area contributed by atoms with Gasteiger partial charge >= 0.3 is 0 Å². The van der Waals surface area contributed by atoms with Crippen molar-refractivity contribution in [3.63, 3.8) is 0 Å². The maximum absolute atomic E-state index is 11.4. The van der Waals surface area contributed by atoms with Crippen LogP contribution in [0.4, 0.5) is 0 Å². The number of hydrogen-bond donors (Lipinski definition) is 2. The summed E-state index contributed by atoms with van der Waals surface area (Å²) in [6.07, 6.45) is 7.54. The Kier molecular flexibility index (Phi) is 7.76. The number of aryl methyl sites for hydroxylation is 1. The molecule has 2 aromatic heterocycles.